The van der Waals surface area contributed by atoms with Gasteiger partial charge in [-0.15, -0.1) is 0 Å². The van der Waals surface area contributed by atoms with Crippen molar-refractivity contribution in [3.63, 3.8) is 0 Å². The molecule has 1 aromatic heterocycles. The van der Waals surface area contributed by atoms with Crippen LogP contribution in [0.15, 0.2) is 71.1 Å². The maximum absolute atomic E-state index is 12.6. The Balaban J connectivity index is 2.18. The summed E-state index contributed by atoms with van der Waals surface area (Å²) < 4.78 is 15.5. The maximum atomic E-state index is 12.6. The van der Waals surface area contributed by atoms with Crippen molar-refractivity contribution in [3.8, 4) is 11.3 Å². The quantitative estimate of drug-likeness (QED) is 0.509. The number of aliphatic hydroxyl groups is 1. The molecule has 0 bridgehead atoms. The smallest absolute Gasteiger partial charge is 0.350 e. The SMILES string of the molecule is COC(=O)C(O)(C(=O)OC)[C@H](c1ccc(C)cc1)c1ccc(-c2ccccc2)o1. The minimum Gasteiger partial charge on any atom is -0.466 e. The molecular formula is C23H22O6. The van der Waals surface area contributed by atoms with Gasteiger partial charge < -0.3 is 19.0 Å². The van der Waals surface area contributed by atoms with Gasteiger partial charge in [-0.25, -0.2) is 9.59 Å². The molecule has 0 unspecified atom stereocenters. The Morgan fingerprint density at radius 3 is 2.03 bits per heavy atom. The highest BCUT2D eigenvalue weighted by molar-refractivity contribution is 6.05. The summed E-state index contributed by atoms with van der Waals surface area (Å²) in [6.07, 6.45) is 0. The van der Waals surface area contributed by atoms with Crippen molar-refractivity contribution in [2.75, 3.05) is 14.2 Å². The Morgan fingerprint density at radius 1 is 0.897 bits per heavy atom. The number of carbonyl (C=O) groups is 2. The molecule has 1 atom stereocenters. The number of rotatable bonds is 6. The summed E-state index contributed by atoms with van der Waals surface area (Å²) >= 11 is 0. The molecule has 2 aromatic carbocycles. The third kappa shape index (κ3) is 3.79. The van der Waals surface area contributed by atoms with Crippen LogP contribution in [0.2, 0.25) is 0 Å². The van der Waals surface area contributed by atoms with Crippen molar-refractivity contribution in [1.82, 2.24) is 0 Å². The lowest BCUT2D eigenvalue weighted by molar-refractivity contribution is -0.182. The van der Waals surface area contributed by atoms with Crippen molar-refractivity contribution in [1.29, 1.82) is 0 Å². The van der Waals surface area contributed by atoms with Gasteiger partial charge in [0.15, 0.2) is 0 Å². The average molecular weight is 394 g/mol. The van der Waals surface area contributed by atoms with Gasteiger partial charge in [-0.2, -0.15) is 0 Å². The minimum absolute atomic E-state index is 0.228. The monoisotopic (exact) mass is 394 g/mol. The number of hydrogen-bond donors (Lipinski definition) is 1. The number of ether oxygens (including phenoxy) is 2. The average Bonchev–Trinajstić information content (AvgIpc) is 3.24. The fourth-order valence-electron chi connectivity index (χ4n) is 3.27. The van der Waals surface area contributed by atoms with E-state index < -0.39 is 23.5 Å². The van der Waals surface area contributed by atoms with Gasteiger partial charge in [0.2, 0.25) is 0 Å². The van der Waals surface area contributed by atoms with E-state index in [4.69, 9.17) is 13.9 Å². The first-order valence-electron chi connectivity index (χ1n) is 9.02. The Labute approximate surface area is 168 Å². The summed E-state index contributed by atoms with van der Waals surface area (Å²) in [4.78, 5) is 25.1. The molecule has 0 radical (unpaired) electrons. The highest BCUT2D eigenvalue weighted by atomic mass is 16.6. The van der Waals surface area contributed by atoms with Crippen LogP contribution in [-0.4, -0.2) is 36.9 Å². The highest BCUT2D eigenvalue weighted by Crippen LogP contribution is 2.39. The molecule has 0 saturated heterocycles. The number of esters is 2. The van der Waals surface area contributed by atoms with Crippen molar-refractivity contribution in [2.24, 2.45) is 0 Å². The Hall–Kier alpha value is -3.38. The first kappa shape index (κ1) is 20.4. The van der Waals surface area contributed by atoms with E-state index in [2.05, 4.69) is 0 Å². The van der Waals surface area contributed by atoms with Crippen LogP contribution in [0.25, 0.3) is 11.3 Å². The molecule has 0 spiro atoms. The first-order chi connectivity index (χ1) is 13.9. The number of furan rings is 1. The fourth-order valence-corrected chi connectivity index (χ4v) is 3.27. The molecule has 6 nitrogen and oxygen atoms in total. The van der Waals surface area contributed by atoms with Crippen LogP contribution in [-0.2, 0) is 19.1 Å². The van der Waals surface area contributed by atoms with Crippen LogP contribution < -0.4 is 0 Å². The zero-order valence-corrected chi connectivity index (χ0v) is 16.4. The van der Waals surface area contributed by atoms with Gasteiger partial charge in [0.25, 0.3) is 5.60 Å². The van der Waals surface area contributed by atoms with E-state index in [1.807, 2.05) is 49.4 Å². The van der Waals surface area contributed by atoms with E-state index in [0.717, 1.165) is 25.3 Å². The van der Waals surface area contributed by atoms with Gasteiger partial charge in [0, 0.05) is 5.56 Å². The van der Waals surface area contributed by atoms with Gasteiger partial charge in [-0.1, -0.05) is 60.2 Å². The third-order valence-corrected chi connectivity index (χ3v) is 4.79. The van der Waals surface area contributed by atoms with Crippen LogP contribution in [0.3, 0.4) is 0 Å². The van der Waals surface area contributed by atoms with Crippen LogP contribution in [0.4, 0.5) is 0 Å². The summed E-state index contributed by atoms with van der Waals surface area (Å²) in [5.41, 5.74) is -0.314. The molecule has 29 heavy (non-hydrogen) atoms. The number of carbonyl (C=O) groups excluding carboxylic acids is 2. The molecule has 0 aliphatic carbocycles. The van der Waals surface area contributed by atoms with E-state index in [-0.39, 0.29) is 5.76 Å². The summed E-state index contributed by atoms with van der Waals surface area (Å²) in [6.45, 7) is 1.91. The summed E-state index contributed by atoms with van der Waals surface area (Å²) in [5.74, 6) is -2.67. The normalized spacial score (nSPS) is 12.3. The van der Waals surface area contributed by atoms with Gasteiger partial charge in [0.1, 0.15) is 11.5 Å². The maximum Gasteiger partial charge on any atom is 0.350 e. The molecule has 0 fully saturated rings. The van der Waals surface area contributed by atoms with Gasteiger partial charge in [-0.3, -0.25) is 0 Å². The molecule has 1 N–H and O–H groups in total. The molecule has 3 rings (SSSR count). The predicted molar refractivity (Wildman–Crippen MR) is 106 cm³/mol. The van der Waals surface area contributed by atoms with Crippen molar-refractivity contribution >= 4 is 11.9 Å². The second-order valence-corrected chi connectivity index (χ2v) is 6.66. The molecule has 0 aliphatic rings. The second kappa shape index (κ2) is 8.32. The van der Waals surface area contributed by atoms with Crippen LogP contribution in [0, 0.1) is 6.92 Å². The summed E-state index contributed by atoms with van der Waals surface area (Å²) in [6, 6.07) is 19.8. The van der Waals surface area contributed by atoms with Crippen LogP contribution in [0.1, 0.15) is 22.8 Å². The van der Waals surface area contributed by atoms with Gasteiger partial charge >= 0.3 is 11.9 Å². The molecule has 0 amide bonds. The molecule has 0 aliphatic heterocycles. The number of aryl methyl sites for hydroxylation is 1. The number of methoxy groups -OCH3 is 2. The predicted octanol–water partition coefficient (Wildman–Crippen LogP) is 3.46. The lowest BCUT2D eigenvalue weighted by Gasteiger charge is -2.30. The largest absolute Gasteiger partial charge is 0.466 e. The number of hydrogen-bond acceptors (Lipinski definition) is 6. The second-order valence-electron chi connectivity index (χ2n) is 6.66. The van der Waals surface area contributed by atoms with E-state index in [1.54, 1.807) is 24.3 Å². The van der Waals surface area contributed by atoms with E-state index in [1.165, 1.54) is 0 Å². The standard InChI is InChI=1S/C23H22O6/c1-15-9-11-17(12-10-15)20(23(26,21(24)27-2)22(25)28-3)19-14-13-18(29-19)16-7-5-4-6-8-16/h4-14,20,26H,1-3H3/t20-/m1/s1. The molecule has 1 heterocycles. The molecule has 6 heteroatoms. The lowest BCUT2D eigenvalue weighted by atomic mass is 9.80. The Bertz CT molecular complexity index is 972. The summed E-state index contributed by atoms with van der Waals surface area (Å²) in [5, 5.41) is 11.3. The van der Waals surface area contributed by atoms with Crippen LogP contribution in [0.5, 0.6) is 0 Å². The van der Waals surface area contributed by atoms with E-state index >= 15 is 0 Å². The number of benzene rings is 2. The molecular weight excluding hydrogens is 372 g/mol. The van der Waals surface area contributed by atoms with Crippen molar-refractivity contribution in [3.05, 3.63) is 83.6 Å². The Kier molecular flexibility index (Phi) is 5.84. The zero-order chi connectivity index (χ0) is 21.0. The highest BCUT2D eigenvalue weighted by Gasteiger charge is 2.56. The summed E-state index contributed by atoms with van der Waals surface area (Å²) in [7, 11) is 2.19. The van der Waals surface area contributed by atoms with E-state index in [9.17, 15) is 14.7 Å². The fraction of sp³-hybridized carbons (Fsp3) is 0.217. The zero-order valence-electron chi connectivity index (χ0n) is 16.4. The van der Waals surface area contributed by atoms with Crippen molar-refractivity contribution in [2.45, 2.75) is 18.4 Å². The lowest BCUT2D eigenvalue weighted by Crippen LogP contribution is -2.53. The van der Waals surface area contributed by atoms with Crippen molar-refractivity contribution < 1.29 is 28.6 Å². The Morgan fingerprint density at radius 2 is 1.48 bits per heavy atom. The minimum atomic E-state index is -2.62. The van der Waals surface area contributed by atoms with Gasteiger partial charge in [0.05, 0.1) is 20.1 Å². The van der Waals surface area contributed by atoms with Crippen LogP contribution >= 0.6 is 0 Å². The molecule has 3 aromatic rings. The topological polar surface area (TPSA) is 86.0 Å². The molecule has 0 saturated carbocycles. The first-order valence-corrected chi connectivity index (χ1v) is 9.02. The van der Waals surface area contributed by atoms with E-state index in [0.29, 0.717) is 11.3 Å². The van der Waals surface area contributed by atoms with Gasteiger partial charge in [-0.05, 0) is 24.6 Å². The third-order valence-electron chi connectivity index (χ3n) is 4.79. The molecule has 150 valence electrons.